The lowest BCUT2D eigenvalue weighted by atomic mass is 10.1. The van der Waals surface area contributed by atoms with Gasteiger partial charge in [-0.15, -0.1) is 11.3 Å². The first-order chi connectivity index (χ1) is 10.1. The van der Waals surface area contributed by atoms with E-state index in [1.165, 1.54) is 15.6 Å². The van der Waals surface area contributed by atoms with Crippen molar-refractivity contribution in [3.8, 4) is 0 Å². The van der Waals surface area contributed by atoms with E-state index in [1.807, 2.05) is 21.1 Å². The standard InChI is InChI=1S/C16H23N3OS/c1-18(2)10-11-19(3)16(20)17-9-8-13-12-21-15-7-5-4-6-14(13)15/h4-7,12H,8-11H2,1-3H3,(H,17,20). The van der Waals surface area contributed by atoms with Crippen LogP contribution in [0, 0.1) is 0 Å². The van der Waals surface area contributed by atoms with E-state index in [1.54, 1.807) is 16.2 Å². The number of likely N-dealkylation sites (N-methyl/N-ethyl adjacent to an activating group) is 2. The number of urea groups is 1. The molecular formula is C16H23N3OS. The molecule has 2 rings (SSSR count). The molecule has 1 aromatic heterocycles. The Balaban J connectivity index is 1.80. The summed E-state index contributed by atoms with van der Waals surface area (Å²) in [4.78, 5) is 15.7. The highest BCUT2D eigenvalue weighted by Crippen LogP contribution is 2.25. The maximum absolute atomic E-state index is 11.9. The summed E-state index contributed by atoms with van der Waals surface area (Å²) in [6.07, 6.45) is 0.872. The summed E-state index contributed by atoms with van der Waals surface area (Å²) in [5, 5.41) is 6.47. The fraction of sp³-hybridized carbons (Fsp3) is 0.438. The van der Waals surface area contributed by atoms with E-state index in [0.29, 0.717) is 6.54 Å². The molecule has 2 amide bonds. The largest absolute Gasteiger partial charge is 0.338 e. The van der Waals surface area contributed by atoms with Gasteiger partial charge < -0.3 is 15.1 Å². The lowest BCUT2D eigenvalue weighted by molar-refractivity contribution is 0.204. The lowest BCUT2D eigenvalue weighted by Crippen LogP contribution is -2.41. The van der Waals surface area contributed by atoms with Gasteiger partial charge in [0, 0.05) is 31.4 Å². The predicted molar refractivity (Wildman–Crippen MR) is 90.1 cm³/mol. The van der Waals surface area contributed by atoms with Crippen LogP contribution in [0.2, 0.25) is 0 Å². The minimum Gasteiger partial charge on any atom is -0.338 e. The van der Waals surface area contributed by atoms with Crippen molar-refractivity contribution >= 4 is 27.5 Å². The monoisotopic (exact) mass is 305 g/mol. The first-order valence-corrected chi connectivity index (χ1v) is 8.04. The zero-order chi connectivity index (χ0) is 15.2. The van der Waals surface area contributed by atoms with Gasteiger partial charge in [-0.2, -0.15) is 0 Å². The van der Waals surface area contributed by atoms with Crippen molar-refractivity contribution in [2.24, 2.45) is 0 Å². The Morgan fingerprint density at radius 1 is 1.19 bits per heavy atom. The second kappa shape index (κ2) is 7.43. The zero-order valence-electron chi connectivity index (χ0n) is 12.9. The third-order valence-electron chi connectivity index (χ3n) is 3.46. The minimum atomic E-state index is -0.00335. The van der Waals surface area contributed by atoms with E-state index >= 15 is 0 Å². The maximum atomic E-state index is 11.9. The van der Waals surface area contributed by atoms with Gasteiger partial charge in [0.25, 0.3) is 0 Å². The van der Waals surface area contributed by atoms with E-state index in [9.17, 15) is 4.79 Å². The topological polar surface area (TPSA) is 35.6 Å². The van der Waals surface area contributed by atoms with Crippen LogP contribution in [0.15, 0.2) is 29.6 Å². The van der Waals surface area contributed by atoms with Crippen molar-refractivity contribution in [3.05, 3.63) is 35.2 Å². The smallest absolute Gasteiger partial charge is 0.317 e. The van der Waals surface area contributed by atoms with Gasteiger partial charge in [-0.1, -0.05) is 18.2 Å². The fourth-order valence-corrected chi connectivity index (χ4v) is 3.11. The number of thiophene rings is 1. The van der Waals surface area contributed by atoms with E-state index in [0.717, 1.165) is 19.5 Å². The Kier molecular flexibility index (Phi) is 5.59. The van der Waals surface area contributed by atoms with Gasteiger partial charge in [0.15, 0.2) is 0 Å². The number of hydrogen-bond donors (Lipinski definition) is 1. The Morgan fingerprint density at radius 2 is 1.95 bits per heavy atom. The quantitative estimate of drug-likeness (QED) is 0.890. The van der Waals surface area contributed by atoms with Gasteiger partial charge in [0.1, 0.15) is 0 Å². The molecule has 0 saturated heterocycles. The van der Waals surface area contributed by atoms with E-state index < -0.39 is 0 Å². The molecule has 114 valence electrons. The Morgan fingerprint density at radius 3 is 2.71 bits per heavy atom. The average Bonchev–Trinajstić information content (AvgIpc) is 2.88. The Labute approximate surface area is 130 Å². The maximum Gasteiger partial charge on any atom is 0.317 e. The summed E-state index contributed by atoms with van der Waals surface area (Å²) in [6, 6.07) is 8.40. The first-order valence-electron chi connectivity index (χ1n) is 7.16. The van der Waals surface area contributed by atoms with Crippen LogP contribution in [-0.4, -0.2) is 56.6 Å². The molecule has 0 aliphatic rings. The van der Waals surface area contributed by atoms with E-state index in [-0.39, 0.29) is 6.03 Å². The summed E-state index contributed by atoms with van der Waals surface area (Å²) in [5.74, 6) is 0. The molecule has 0 aliphatic carbocycles. The zero-order valence-corrected chi connectivity index (χ0v) is 13.7. The molecule has 0 fully saturated rings. The molecule has 0 spiro atoms. The van der Waals surface area contributed by atoms with E-state index in [4.69, 9.17) is 0 Å². The van der Waals surface area contributed by atoms with Crippen molar-refractivity contribution in [2.45, 2.75) is 6.42 Å². The fourth-order valence-electron chi connectivity index (χ4n) is 2.12. The Bertz CT molecular complexity index is 594. The van der Waals surface area contributed by atoms with Crippen molar-refractivity contribution in [2.75, 3.05) is 40.8 Å². The third-order valence-corrected chi connectivity index (χ3v) is 4.47. The molecule has 0 radical (unpaired) electrons. The SMILES string of the molecule is CN(C)CCN(C)C(=O)NCCc1csc2ccccc12. The molecular weight excluding hydrogens is 282 g/mol. The molecule has 0 saturated carbocycles. The van der Waals surface area contributed by atoms with Crippen LogP contribution in [0.25, 0.3) is 10.1 Å². The average molecular weight is 305 g/mol. The number of nitrogens with one attached hydrogen (secondary N) is 1. The summed E-state index contributed by atoms with van der Waals surface area (Å²) < 4.78 is 1.31. The van der Waals surface area contributed by atoms with Crippen molar-refractivity contribution in [3.63, 3.8) is 0 Å². The molecule has 0 aliphatic heterocycles. The second-order valence-electron chi connectivity index (χ2n) is 5.46. The number of hydrogen-bond acceptors (Lipinski definition) is 3. The minimum absolute atomic E-state index is 0.00335. The van der Waals surface area contributed by atoms with Crippen LogP contribution in [0.5, 0.6) is 0 Å². The molecule has 1 aromatic carbocycles. The van der Waals surface area contributed by atoms with Crippen LogP contribution in [0.1, 0.15) is 5.56 Å². The molecule has 0 unspecified atom stereocenters. The van der Waals surface area contributed by atoms with Crippen LogP contribution >= 0.6 is 11.3 Å². The van der Waals surface area contributed by atoms with Crippen LogP contribution in [-0.2, 0) is 6.42 Å². The number of benzene rings is 1. The van der Waals surface area contributed by atoms with Gasteiger partial charge in [-0.05, 0) is 42.9 Å². The van der Waals surface area contributed by atoms with Crippen molar-refractivity contribution in [1.29, 1.82) is 0 Å². The summed E-state index contributed by atoms with van der Waals surface area (Å²) in [6.45, 7) is 2.28. The molecule has 0 bridgehead atoms. The molecule has 5 heteroatoms. The van der Waals surface area contributed by atoms with Crippen LogP contribution in [0.3, 0.4) is 0 Å². The molecule has 1 N–H and O–H groups in total. The summed E-state index contributed by atoms with van der Waals surface area (Å²) in [5.41, 5.74) is 1.31. The van der Waals surface area contributed by atoms with Gasteiger partial charge in [-0.25, -0.2) is 4.79 Å². The molecule has 21 heavy (non-hydrogen) atoms. The highest BCUT2D eigenvalue weighted by molar-refractivity contribution is 7.17. The van der Waals surface area contributed by atoms with Crippen molar-refractivity contribution in [1.82, 2.24) is 15.1 Å². The van der Waals surface area contributed by atoms with E-state index in [2.05, 4.69) is 39.9 Å². The van der Waals surface area contributed by atoms with Crippen LogP contribution in [0.4, 0.5) is 4.79 Å². The predicted octanol–water partition coefficient (Wildman–Crippen LogP) is 2.65. The normalized spacial score (nSPS) is 11.0. The summed E-state index contributed by atoms with van der Waals surface area (Å²) in [7, 11) is 5.85. The molecule has 1 heterocycles. The molecule has 0 atom stereocenters. The number of carbonyl (C=O) groups is 1. The molecule has 2 aromatic rings. The summed E-state index contributed by atoms with van der Waals surface area (Å²) >= 11 is 1.76. The number of carbonyl (C=O) groups excluding carboxylic acids is 1. The number of amides is 2. The number of fused-ring (bicyclic) bond motifs is 1. The first kappa shape index (κ1) is 15.8. The van der Waals surface area contributed by atoms with Gasteiger partial charge in [-0.3, -0.25) is 0 Å². The molecule has 4 nitrogen and oxygen atoms in total. The van der Waals surface area contributed by atoms with Gasteiger partial charge in [0.05, 0.1) is 0 Å². The lowest BCUT2D eigenvalue weighted by Gasteiger charge is -2.20. The highest BCUT2D eigenvalue weighted by Gasteiger charge is 2.08. The third kappa shape index (κ3) is 4.44. The van der Waals surface area contributed by atoms with Crippen LogP contribution < -0.4 is 5.32 Å². The van der Waals surface area contributed by atoms with Gasteiger partial charge in [0.2, 0.25) is 0 Å². The highest BCUT2D eigenvalue weighted by atomic mass is 32.1. The second-order valence-corrected chi connectivity index (χ2v) is 6.38. The number of nitrogens with zero attached hydrogens (tertiary/aromatic N) is 2. The number of rotatable bonds is 6. The van der Waals surface area contributed by atoms with Gasteiger partial charge >= 0.3 is 6.03 Å². The Hall–Kier alpha value is -1.59. The van der Waals surface area contributed by atoms with Crippen molar-refractivity contribution < 1.29 is 4.79 Å².